The second-order valence-electron chi connectivity index (χ2n) is 24.4. The summed E-state index contributed by atoms with van der Waals surface area (Å²) in [5.74, 6) is -8.38. The number of nitrogens with one attached hydrogen (secondary N) is 1. The Balaban J connectivity index is 1.37. The van der Waals surface area contributed by atoms with Gasteiger partial charge in [-0.05, 0) is 108 Å². The zero-order valence-corrected chi connectivity index (χ0v) is 55.2. The third-order valence-corrected chi connectivity index (χ3v) is 17.4. The Morgan fingerprint density at radius 1 is 0.711 bits per heavy atom. The quantitative estimate of drug-likeness (QED) is 0.0263. The molecule has 16 atom stereocenters. The Hall–Kier alpha value is -4.09. The number of Topliss-reactive ketones (excluding diaryl/α,β-unsaturated/α-hetero) is 2. The average Bonchev–Trinajstić information content (AvgIpc) is 0.874. The molecule has 7 N–H and O–H groups in total. The van der Waals surface area contributed by atoms with E-state index in [-0.39, 0.29) is 62.8 Å². The lowest BCUT2D eigenvalue weighted by atomic mass is 9.80. The molecule has 1 aliphatic carbocycles. The van der Waals surface area contributed by atoms with Crippen LogP contribution < -0.4 is 11.1 Å². The molecule has 0 radical (unpaired) electrons. The molecular weight excluding hydrogens is 1170 g/mol. The molecule has 0 aromatic heterocycles. The van der Waals surface area contributed by atoms with Crippen molar-refractivity contribution >= 4 is 29.5 Å². The first-order chi connectivity index (χ1) is 43.1. The van der Waals surface area contributed by atoms with Gasteiger partial charge in [0.05, 0.1) is 110 Å². The van der Waals surface area contributed by atoms with E-state index in [0.717, 1.165) is 10.5 Å². The van der Waals surface area contributed by atoms with Crippen molar-refractivity contribution < 1.29 is 101 Å². The fraction of sp³-hybridized carbons (Fsp3) is 0.803. The van der Waals surface area contributed by atoms with Crippen LogP contribution in [-0.2, 0) is 76.0 Å². The number of allylic oxidation sites excluding steroid dienone is 5. The minimum Gasteiger partial charge on any atom is -0.459 e. The van der Waals surface area contributed by atoms with Crippen LogP contribution in [-0.4, -0.2) is 241 Å². The number of amides is 2. The number of alkyl carbamates (subject to hydrolysis) is 1. The highest BCUT2D eigenvalue weighted by Crippen LogP contribution is 2.38. The number of carbonyl (C=O) groups excluding carboxylic acids is 5. The Bertz CT molecular complexity index is 2230. The number of cyclic esters (lactones) is 1. The summed E-state index contributed by atoms with van der Waals surface area (Å²) in [5.41, 5.74) is 8.11. The van der Waals surface area contributed by atoms with Crippen LogP contribution in [0.1, 0.15) is 126 Å². The van der Waals surface area contributed by atoms with Gasteiger partial charge in [0.15, 0.2) is 5.78 Å². The number of hydrogen-bond acceptors (Lipinski definition) is 22. The number of aliphatic hydroxyl groups excluding tert-OH is 3. The van der Waals surface area contributed by atoms with Gasteiger partial charge >= 0.3 is 12.1 Å². The van der Waals surface area contributed by atoms with E-state index < -0.39 is 114 Å². The highest BCUT2D eigenvalue weighted by atomic mass is 16.6. The van der Waals surface area contributed by atoms with Crippen LogP contribution in [0, 0.1) is 29.6 Å². The summed E-state index contributed by atoms with van der Waals surface area (Å²) >= 11 is 0. The standard InChI is InChI=1S/C66H111N3O21/c1-10-81-26-27-83-30-31-85-34-35-87-37-36-86-33-32-84-29-28-82-25-23-68-65(77)89-55-22-20-50(41-58(55)80-9)40-52(67)57-43-54(70)46(4)39-48(6)60(72)61(73)59(71)47(5)38-44(2)16-12-11-13-17-45(3)56(79-8)42-51-21-19-49(7)66(78,90-51)62(74)63(75)69-24-15-14-18-53(69)64(76)88-57/h11-13,16-17,39,44,46-47,49-58,60-61,70,72-73,78H,10,14-15,18-38,40-43,67H2,1-9H3,(H,68,77)/b13-11+,16-12+,45-17+,48-39+/t44-,46-,47-,49-,50+,51+,52-,53+,54-,55?,56?,57+,58-,60-,61+,66-/m1/s1. The maximum atomic E-state index is 14.6. The van der Waals surface area contributed by atoms with Gasteiger partial charge in [-0.15, -0.1) is 0 Å². The Morgan fingerprint density at radius 2 is 1.32 bits per heavy atom. The van der Waals surface area contributed by atoms with Crippen LogP contribution >= 0.6 is 0 Å². The van der Waals surface area contributed by atoms with Crippen molar-refractivity contribution in [3.8, 4) is 0 Å². The van der Waals surface area contributed by atoms with Crippen molar-refractivity contribution in [3.63, 3.8) is 0 Å². The molecular formula is C66H111N3O21. The van der Waals surface area contributed by atoms with Crippen LogP contribution in [0.15, 0.2) is 47.6 Å². The molecule has 2 bridgehead atoms. The monoisotopic (exact) mass is 1280 g/mol. The minimum absolute atomic E-state index is 0.0260. The minimum atomic E-state index is -2.49. The summed E-state index contributed by atoms with van der Waals surface area (Å²) in [4.78, 5) is 71.0. The summed E-state index contributed by atoms with van der Waals surface area (Å²) < 4.78 is 68.2. The molecule has 0 spiro atoms. The third-order valence-electron chi connectivity index (χ3n) is 17.4. The molecule has 2 amide bonds. The van der Waals surface area contributed by atoms with E-state index in [1.54, 1.807) is 40.9 Å². The summed E-state index contributed by atoms with van der Waals surface area (Å²) in [6, 6.07) is -2.13. The molecule has 4 aliphatic rings. The molecule has 2 saturated heterocycles. The van der Waals surface area contributed by atoms with Gasteiger partial charge in [0.1, 0.15) is 30.5 Å². The van der Waals surface area contributed by atoms with Gasteiger partial charge in [0, 0.05) is 70.6 Å². The summed E-state index contributed by atoms with van der Waals surface area (Å²) in [6.45, 7) is 18.9. The number of esters is 1. The zero-order valence-electron chi connectivity index (χ0n) is 55.2. The van der Waals surface area contributed by atoms with E-state index in [4.69, 9.17) is 62.6 Å². The Labute approximate surface area is 534 Å². The largest absolute Gasteiger partial charge is 0.459 e. The van der Waals surface area contributed by atoms with Gasteiger partial charge in [-0.25, -0.2) is 9.59 Å². The van der Waals surface area contributed by atoms with E-state index in [9.17, 15) is 44.4 Å². The molecule has 3 heterocycles. The van der Waals surface area contributed by atoms with Crippen molar-refractivity contribution in [1.82, 2.24) is 10.2 Å². The van der Waals surface area contributed by atoms with Crippen molar-refractivity contribution in [2.75, 3.05) is 120 Å². The summed E-state index contributed by atoms with van der Waals surface area (Å²) in [6.07, 6.45) is 6.57. The number of carbonyl (C=O) groups is 5. The number of nitrogens with two attached hydrogens (primary N) is 1. The fourth-order valence-corrected chi connectivity index (χ4v) is 11.8. The van der Waals surface area contributed by atoms with Crippen molar-refractivity contribution in [2.45, 2.75) is 192 Å². The first-order valence-corrected chi connectivity index (χ1v) is 32.7. The molecule has 0 aromatic rings. The number of hydrogen-bond donors (Lipinski definition) is 6. The SMILES string of the molecule is CCOCCOCCOCCOCCOCCOCCOCCNC(=O)OC1CC[C@@H](C[C@@H](N)[C@@H]2C[C@@H](O)[C@H](C)/C=C(\C)[C@@H](O)[C@@H](O)C(=O)[C@H](C)C[C@H](C)/C=C/C=C/C=C(\C)C(OC)C[C@@H]3CC[C@@H](C)[C@@](O)(O3)C(=O)C(=O)N3CCCC[C@H]3C(=O)O2)C[C@H]1OC. The lowest BCUT2D eigenvalue weighted by molar-refractivity contribution is -0.265. The predicted molar refractivity (Wildman–Crippen MR) is 334 cm³/mol. The highest BCUT2D eigenvalue weighted by molar-refractivity contribution is 6.39. The number of fused-ring (bicyclic) bond motifs is 3. The van der Waals surface area contributed by atoms with E-state index in [1.165, 1.54) is 7.11 Å². The molecule has 516 valence electrons. The first-order valence-electron chi connectivity index (χ1n) is 32.7. The molecule has 4 rings (SSSR count). The smallest absolute Gasteiger partial charge is 0.407 e. The lowest BCUT2D eigenvalue weighted by Gasteiger charge is -2.42. The summed E-state index contributed by atoms with van der Waals surface area (Å²) in [5, 5.41) is 49.1. The second-order valence-corrected chi connectivity index (χ2v) is 24.4. The summed E-state index contributed by atoms with van der Waals surface area (Å²) in [7, 11) is 3.08. The fourth-order valence-electron chi connectivity index (χ4n) is 11.8. The number of rotatable bonds is 28. The maximum absolute atomic E-state index is 14.6. The predicted octanol–water partition coefficient (Wildman–Crippen LogP) is 4.88. The van der Waals surface area contributed by atoms with Crippen LogP contribution in [0.4, 0.5) is 4.79 Å². The average molecular weight is 1280 g/mol. The van der Waals surface area contributed by atoms with Crippen LogP contribution in [0.5, 0.6) is 0 Å². The van der Waals surface area contributed by atoms with Gasteiger partial charge < -0.3 is 93.2 Å². The van der Waals surface area contributed by atoms with Gasteiger partial charge in [-0.3, -0.25) is 14.4 Å². The molecule has 3 aliphatic heterocycles. The van der Waals surface area contributed by atoms with Gasteiger partial charge in [0.25, 0.3) is 11.7 Å². The van der Waals surface area contributed by atoms with Gasteiger partial charge in [-0.2, -0.15) is 0 Å². The van der Waals surface area contributed by atoms with Crippen molar-refractivity contribution in [1.29, 1.82) is 0 Å². The van der Waals surface area contributed by atoms with Gasteiger partial charge in [0.2, 0.25) is 5.79 Å². The number of aliphatic hydroxyl groups is 4. The van der Waals surface area contributed by atoms with Gasteiger partial charge in [-0.1, -0.05) is 64.2 Å². The Morgan fingerprint density at radius 3 is 1.92 bits per heavy atom. The highest BCUT2D eigenvalue weighted by Gasteiger charge is 2.53. The maximum Gasteiger partial charge on any atom is 0.407 e. The third kappa shape index (κ3) is 27.1. The molecule has 90 heavy (non-hydrogen) atoms. The van der Waals surface area contributed by atoms with Crippen molar-refractivity contribution in [3.05, 3.63) is 47.6 Å². The molecule has 2 unspecified atom stereocenters. The zero-order chi connectivity index (χ0) is 66.0. The van der Waals surface area contributed by atoms with Crippen LogP contribution in [0.25, 0.3) is 0 Å². The molecule has 24 heteroatoms. The molecule has 0 aromatic carbocycles. The normalized spacial score (nSPS) is 33.2. The second kappa shape index (κ2) is 43.0. The first kappa shape index (κ1) is 78.4. The van der Waals surface area contributed by atoms with E-state index in [0.29, 0.717) is 137 Å². The topological polar surface area (TPSA) is 318 Å². The number of nitrogens with zero attached hydrogens (tertiary/aromatic N) is 1. The number of ether oxygens (including phenoxy) is 12. The lowest BCUT2D eigenvalue weighted by Crippen LogP contribution is -2.61. The number of piperidine rings is 1. The molecule has 24 nitrogen and oxygen atoms in total. The number of ketones is 2. The van der Waals surface area contributed by atoms with E-state index in [1.807, 2.05) is 51.2 Å². The number of methoxy groups -OCH3 is 2. The molecule has 1 saturated carbocycles. The van der Waals surface area contributed by atoms with Crippen LogP contribution in [0.2, 0.25) is 0 Å². The molecule has 3 fully saturated rings. The van der Waals surface area contributed by atoms with E-state index in [2.05, 4.69) is 5.32 Å². The van der Waals surface area contributed by atoms with Crippen molar-refractivity contribution in [2.24, 2.45) is 35.3 Å². The Kier molecular flexibility index (Phi) is 37.4. The van der Waals surface area contributed by atoms with Crippen LogP contribution in [0.3, 0.4) is 0 Å². The van der Waals surface area contributed by atoms with E-state index >= 15 is 0 Å².